The number of rotatable bonds is 0. The molecule has 0 saturated heterocycles. The van der Waals surface area contributed by atoms with E-state index < -0.39 is 0 Å². The second-order valence-corrected chi connectivity index (χ2v) is 2.36. The molecular formula is C9H6O2. The summed E-state index contributed by atoms with van der Waals surface area (Å²) < 4.78 is 4.96. The average Bonchev–Trinajstić information content (AvgIpc) is 2.04. The van der Waals surface area contributed by atoms with Crippen LogP contribution in [0.4, 0.5) is 0 Å². The minimum atomic E-state index is -0.285. The van der Waals surface area contributed by atoms with Crippen molar-refractivity contribution in [3.8, 4) is 0 Å². The maximum absolute atomic E-state index is 10.7. The summed E-state index contributed by atoms with van der Waals surface area (Å²) >= 11 is 0. The van der Waals surface area contributed by atoms with Crippen LogP contribution in [0.2, 0.25) is 0 Å². The molecule has 0 aromatic heterocycles. The predicted molar refractivity (Wildman–Crippen MR) is 39.8 cm³/mol. The van der Waals surface area contributed by atoms with Crippen LogP contribution in [0.3, 0.4) is 0 Å². The molecule has 0 bridgehead atoms. The summed E-state index contributed by atoms with van der Waals surface area (Å²) in [6.45, 7) is 0. The first-order valence-corrected chi connectivity index (χ1v) is 3.38. The van der Waals surface area contributed by atoms with E-state index in [9.17, 15) is 4.79 Å². The van der Waals surface area contributed by atoms with E-state index in [2.05, 4.69) is 5.73 Å². The molecule has 2 rings (SSSR count). The number of hydrogen-bond acceptors (Lipinski definition) is 2. The Labute approximate surface area is 64.2 Å². The van der Waals surface area contributed by atoms with Gasteiger partial charge < -0.3 is 4.74 Å². The number of esters is 1. The summed E-state index contributed by atoms with van der Waals surface area (Å²) in [4.78, 5) is 10.7. The lowest BCUT2D eigenvalue weighted by Crippen LogP contribution is -2.20. The topological polar surface area (TPSA) is 26.3 Å². The number of ether oxygens (including phenoxy) is 1. The van der Waals surface area contributed by atoms with Crippen molar-refractivity contribution in [3.05, 3.63) is 41.7 Å². The summed E-state index contributed by atoms with van der Waals surface area (Å²) in [5.74, 6) is -0.285. The number of fused-ring (bicyclic) bond motifs is 1. The second-order valence-electron chi connectivity index (χ2n) is 2.36. The molecule has 2 nitrogen and oxygen atoms in total. The number of carbonyl (C=O) groups is 1. The summed E-state index contributed by atoms with van der Waals surface area (Å²) in [6, 6.07) is 0. The minimum absolute atomic E-state index is 0.211. The van der Waals surface area contributed by atoms with Gasteiger partial charge in [0.15, 0.2) is 6.10 Å². The van der Waals surface area contributed by atoms with Crippen molar-refractivity contribution in [3.63, 3.8) is 0 Å². The van der Waals surface area contributed by atoms with Gasteiger partial charge in [-0.05, 0) is 23.8 Å². The molecule has 2 aliphatic rings. The highest BCUT2D eigenvalue weighted by molar-refractivity contribution is 5.84. The van der Waals surface area contributed by atoms with Gasteiger partial charge in [-0.2, -0.15) is 0 Å². The zero-order valence-corrected chi connectivity index (χ0v) is 5.78. The van der Waals surface area contributed by atoms with Crippen LogP contribution in [0.25, 0.3) is 0 Å². The molecule has 2 heteroatoms. The molecule has 0 spiro atoms. The van der Waals surface area contributed by atoms with Gasteiger partial charge >= 0.3 is 5.97 Å². The fraction of sp³-hybridized carbons (Fsp3) is 0.111. The third kappa shape index (κ3) is 1.04. The molecule has 1 unspecified atom stereocenters. The van der Waals surface area contributed by atoms with Gasteiger partial charge in [-0.15, -0.1) is 5.73 Å². The molecule has 0 aromatic rings. The van der Waals surface area contributed by atoms with Crippen molar-refractivity contribution < 1.29 is 9.53 Å². The quantitative estimate of drug-likeness (QED) is 0.378. The van der Waals surface area contributed by atoms with E-state index in [-0.39, 0.29) is 12.1 Å². The Morgan fingerprint density at radius 3 is 3.27 bits per heavy atom. The van der Waals surface area contributed by atoms with E-state index >= 15 is 0 Å². The van der Waals surface area contributed by atoms with Crippen LogP contribution < -0.4 is 0 Å². The van der Waals surface area contributed by atoms with Crippen LogP contribution in [0.1, 0.15) is 0 Å². The normalized spacial score (nSPS) is 26.0. The Kier molecular flexibility index (Phi) is 1.27. The van der Waals surface area contributed by atoms with Crippen LogP contribution in [-0.2, 0) is 9.53 Å². The summed E-state index contributed by atoms with van der Waals surface area (Å²) in [6.07, 6.45) is 8.40. The monoisotopic (exact) mass is 146 g/mol. The fourth-order valence-corrected chi connectivity index (χ4v) is 1.06. The van der Waals surface area contributed by atoms with Crippen molar-refractivity contribution >= 4 is 5.97 Å². The number of carbonyl (C=O) groups excluding carboxylic acids is 1. The first kappa shape index (κ1) is 6.20. The largest absolute Gasteiger partial charge is 0.449 e. The van der Waals surface area contributed by atoms with Gasteiger partial charge in [0.1, 0.15) is 0 Å². The molecule has 1 aliphatic carbocycles. The van der Waals surface area contributed by atoms with E-state index in [1.165, 1.54) is 6.08 Å². The molecule has 0 saturated carbocycles. The lowest BCUT2D eigenvalue weighted by atomic mass is 10.0. The predicted octanol–water partition coefficient (Wildman–Crippen LogP) is 1.12. The van der Waals surface area contributed by atoms with E-state index in [0.717, 1.165) is 5.57 Å². The lowest BCUT2D eigenvalue weighted by molar-refractivity contribution is -0.140. The van der Waals surface area contributed by atoms with Gasteiger partial charge in [-0.3, -0.25) is 0 Å². The first-order chi connectivity index (χ1) is 5.36. The molecule has 1 heterocycles. The summed E-state index contributed by atoms with van der Waals surface area (Å²) in [7, 11) is 0. The van der Waals surface area contributed by atoms with Crippen LogP contribution in [-0.4, -0.2) is 12.1 Å². The molecule has 0 amide bonds. The highest BCUT2D eigenvalue weighted by Gasteiger charge is 2.18. The summed E-state index contributed by atoms with van der Waals surface area (Å²) in [5, 5.41) is 0. The number of hydrogen-bond donors (Lipinski definition) is 0. The smallest absolute Gasteiger partial charge is 0.331 e. The second kappa shape index (κ2) is 2.26. The van der Waals surface area contributed by atoms with Crippen LogP contribution in [0.15, 0.2) is 41.7 Å². The van der Waals surface area contributed by atoms with E-state index in [4.69, 9.17) is 4.74 Å². The van der Waals surface area contributed by atoms with Crippen molar-refractivity contribution in [1.29, 1.82) is 0 Å². The van der Waals surface area contributed by atoms with E-state index in [1.807, 2.05) is 6.08 Å². The Morgan fingerprint density at radius 2 is 2.36 bits per heavy atom. The minimum Gasteiger partial charge on any atom is -0.449 e. The van der Waals surface area contributed by atoms with Crippen LogP contribution >= 0.6 is 0 Å². The fourth-order valence-electron chi connectivity index (χ4n) is 1.06. The van der Waals surface area contributed by atoms with Gasteiger partial charge in [0.2, 0.25) is 0 Å². The average molecular weight is 146 g/mol. The molecule has 0 fully saturated rings. The SMILES string of the molecule is O=C1C=CC2=CC=C=CC2O1. The Bertz CT molecular complexity index is 314. The maximum Gasteiger partial charge on any atom is 0.331 e. The molecule has 0 radical (unpaired) electrons. The van der Waals surface area contributed by atoms with Crippen molar-refractivity contribution in [2.24, 2.45) is 0 Å². The molecule has 54 valence electrons. The molecule has 0 aromatic carbocycles. The van der Waals surface area contributed by atoms with Gasteiger partial charge in [0, 0.05) is 12.2 Å². The van der Waals surface area contributed by atoms with E-state index in [1.54, 1.807) is 18.2 Å². The highest BCUT2D eigenvalue weighted by atomic mass is 16.5. The zero-order valence-electron chi connectivity index (χ0n) is 5.78. The highest BCUT2D eigenvalue weighted by Crippen LogP contribution is 2.17. The Hall–Kier alpha value is -1.53. The van der Waals surface area contributed by atoms with Crippen LogP contribution in [0.5, 0.6) is 0 Å². The molecule has 1 atom stereocenters. The zero-order chi connectivity index (χ0) is 7.68. The van der Waals surface area contributed by atoms with Gasteiger partial charge in [-0.1, -0.05) is 0 Å². The Balaban J connectivity index is 2.39. The molecule has 11 heavy (non-hydrogen) atoms. The third-order valence-electron chi connectivity index (χ3n) is 1.60. The lowest BCUT2D eigenvalue weighted by Gasteiger charge is -2.18. The van der Waals surface area contributed by atoms with Gasteiger partial charge in [0.25, 0.3) is 0 Å². The van der Waals surface area contributed by atoms with Crippen molar-refractivity contribution in [2.75, 3.05) is 0 Å². The molecular weight excluding hydrogens is 140 g/mol. The maximum atomic E-state index is 10.7. The standard InChI is InChI=1S/C9H6O2/c10-9-6-5-7-3-1-2-4-8(7)11-9/h1,3-6,8H. The van der Waals surface area contributed by atoms with Gasteiger partial charge in [0.05, 0.1) is 0 Å². The van der Waals surface area contributed by atoms with Crippen molar-refractivity contribution in [2.45, 2.75) is 6.10 Å². The van der Waals surface area contributed by atoms with Crippen LogP contribution in [0, 0.1) is 0 Å². The summed E-state index contributed by atoms with van der Waals surface area (Å²) in [5.41, 5.74) is 3.87. The van der Waals surface area contributed by atoms with Crippen molar-refractivity contribution in [1.82, 2.24) is 0 Å². The third-order valence-corrected chi connectivity index (χ3v) is 1.60. The molecule has 0 N–H and O–H groups in total. The van der Waals surface area contributed by atoms with E-state index in [0.29, 0.717) is 0 Å². The number of allylic oxidation sites excluding steroid dienone is 1. The first-order valence-electron chi connectivity index (χ1n) is 3.38. The Morgan fingerprint density at radius 1 is 1.45 bits per heavy atom. The van der Waals surface area contributed by atoms with Gasteiger partial charge in [-0.25, -0.2) is 4.79 Å². The molecule has 1 aliphatic heterocycles.